The van der Waals surface area contributed by atoms with Crippen LogP contribution in [-0.4, -0.2) is 47.0 Å². The maximum Gasteiger partial charge on any atom is 0.137 e. The van der Waals surface area contributed by atoms with Gasteiger partial charge in [-0.2, -0.15) is 0 Å². The number of aromatic nitrogens is 2. The van der Waals surface area contributed by atoms with Gasteiger partial charge in [-0.25, -0.2) is 4.98 Å². The fourth-order valence-corrected chi connectivity index (χ4v) is 3.91. The molecule has 5 heteroatoms. The Balaban J connectivity index is 1.58. The summed E-state index contributed by atoms with van der Waals surface area (Å²) in [5, 5.41) is 1.15. The summed E-state index contributed by atoms with van der Waals surface area (Å²) in [5.41, 5.74) is 3.36. The van der Waals surface area contributed by atoms with Crippen LogP contribution < -0.4 is 0 Å². The van der Waals surface area contributed by atoms with Crippen molar-refractivity contribution in [2.45, 2.75) is 4.90 Å². The van der Waals surface area contributed by atoms with Crippen molar-refractivity contribution in [3.8, 4) is 11.1 Å². The number of hydrogen-bond donors (Lipinski definition) is 1. The number of hydrogen-bond acceptors (Lipinski definition) is 4. The number of rotatable bonds is 4. The number of pyridine rings is 1. The SMILES string of the molecule is c1ccc(-c2cnc3[nH]ccc3c2)c(SCN2CCOCC2)c1. The van der Waals surface area contributed by atoms with Crippen molar-refractivity contribution in [3.63, 3.8) is 0 Å². The number of H-pyrrole nitrogens is 1. The number of aromatic amines is 1. The van der Waals surface area contributed by atoms with E-state index in [1.54, 1.807) is 0 Å². The molecule has 4 rings (SSSR count). The largest absolute Gasteiger partial charge is 0.379 e. The van der Waals surface area contributed by atoms with E-state index in [0.717, 1.165) is 43.2 Å². The molecule has 3 aromatic rings. The van der Waals surface area contributed by atoms with Crippen LogP contribution in [0.15, 0.2) is 53.7 Å². The van der Waals surface area contributed by atoms with Crippen LogP contribution in [0.25, 0.3) is 22.2 Å². The van der Waals surface area contributed by atoms with Crippen LogP contribution >= 0.6 is 11.8 Å². The van der Waals surface area contributed by atoms with Gasteiger partial charge in [-0.3, -0.25) is 4.90 Å². The number of ether oxygens (including phenoxy) is 1. The van der Waals surface area contributed by atoms with Gasteiger partial charge in [-0.1, -0.05) is 18.2 Å². The van der Waals surface area contributed by atoms with Crippen molar-refractivity contribution < 1.29 is 4.74 Å². The summed E-state index contributed by atoms with van der Waals surface area (Å²) in [6.07, 6.45) is 3.88. The lowest BCUT2D eigenvalue weighted by molar-refractivity contribution is 0.0474. The fourth-order valence-electron chi connectivity index (χ4n) is 2.81. The van der Waals surface area contributed by atoms with E-state index in [2.05, 4.69) is 51.3 Å². The third kappa shape index (κ3) is 3.27. The molecular weight excluding hydrogens is 306 g/mol. The minimum Gasteiger partial charge on any atom is -0.379 e. The van der Waals surface area contributed by atoms with E-state index >= 15 is 0 Å². The van der Waals surface area contributed by atoms with E-state index < -0.39 is 0 Å². The zero-order valence-electron chi connectivity index (χ0n) is 12.9. The van der Waals surface area contributed by atoms with Crippen LogP contribution in [0.5, 0.6) is 0 Å². The normalized spacial score (nSPS) is 16.0. The number of morpholine rings is 1. The maximum absolute atomic E-state index is 5.42. The molecular formula is C18H19N3OS. The summed E-state index contributed by atoms with van der Waals surface area (Å²) >= 11 is 1.89. The predicted molar refractivity (Wildman–Crippen MR) is 94.6 cm³/mol. The Labute approximate surface area is 139 Å². The third-order valence-corrected chi connectivity index (χ3v) is 5.27. The Hall–Kier alpha value is -1.82. The molecule has 118 valence electrons. The number of thioether (sulfide) groups is 1. The second-order valence-electron chi connectivity index (χ2n) is 5.64. The molecule has 0 aliphatic carbocycles. The predicted octanol–water partition coefficient (Wildman–Crippen LogP) is 3.61. The summed E-state index contributed by atoms with van der Waals surface area (Å²) < 4.78 is 5.42. The standard InChI is InChI=1S/C18H19N3OS/c1-2-4-17(23-13-21-7-9-22-10-8-21)16(3-1)15-11-14-5-6-19-18(14)20-12-15/h1-6,11-12H,7-10,13H2,(H,19,20). The van der Waals surface area contributed by atoms with E-state index in [1.807, 2.05) is 24.2 Å². The zero-order valence-corrected chi connectivity index (χ0v) is 13.7. The number of fused-ring (bicyclic) bond motifs is 1. The lowest BCUT2D eigenvalue weighted by atomic mass is 10.1. The average molecular weight is 325 g/mol. The summed E-state index contributed by atoms with van der Waals surface area (Å²) in [6.45, 7) is 3.73. The van der Waals surface area contributed by atoms with Gasteiger partial charge in [0.1, 0.15) is 5.65 Å². The molecule has 0 saturated carbocycles. The third-order valence-electron chi connectivity index (χ3n) is 4.10. The molecule has 1 aliphatic heterocycles. The first-order chi connectivity index (χ1) is 11.4. The monoisotopic (exact) mass is 325 g/mol. The zero-order chi connectivity index (χ0) is 15.5. The van der Waals surface area contributed by atoms with Crippen molar-refractivity contribution in [2.75, 3.05) is 32.2 Å². The van der Waals surface area contributed by atoms with Gasteiger partial charge >= 0.3 is 0 Å². The molecule has 3 heterocycles. The lowest BCUT2D eigenvalue weighted by Gasteiger charge is -2.26. The minimum absolute atomic E-state index is 0.844. The molecule has 1 N–H and O–H groups in total. The highest BCUT2D eigenvalue weighted by molar-refractivity contribution is 7.99. The van der Waals surface area contributed by atoms with Crippen molar-refractivity contribution >= 4 is 22.8 Å². The molecule has 1 fully saturated rings. The Morgan fingerprint density at radius 2 is 2.04 bits per heavy atom. The first-order valence-electron chi connectivity index (χ1n) is 7.85. The van der Waals surface area contributed by atoms with E-state index in [0.29, 0.717) is 0 Å². The fraction of sp³-hybridized carbons (Fsp3) is 0.278. The quantitative estimate of drug-likeness (QED) is 0.744. The molecule has 0 radical (unpaired) electrons. The summed E-state index contributed by atoms with van der Waals surface area (Å²) in [6, 6.07) is 12.8. The van der Waals surface area contributed by atoms with Gasteiger partial charge in [0.2, 0.25) is 0 Å². The van der Waals surface area contributed by atoms with Gasteiger partial charge in [-0.05, 0) is 23.8 Å². The van der Waals surface area contributed by atoms with Crippen LogP contribution in [0.4, 0.5) is 0 Å². The second kappa shape index (κ2) is 6.74. The lowest BCUT2D eigenvalue weighted by Crippen LogP contribution is -2.35. The molecule has 2 aromatic heterocycles. The Morgan fingerprint density at radius 1 is 1.17 bits per heavy atom. The van der Waals surface area contributed by atoms with E-state index in [4.69, 9.17) is 4.74 Å². The van der Waals surface area contributed by atoms with Crippen molar-refractivity contribution in [2.24, 2.45) is 0 Å². The molecule has 1 saturated heterocycles. The van der Waals surface area contributed by atoms with Crippen LogP contribution in [0, 0.1) is 0 Å². The van der Waals surface area contributed by atoms with Crippen molar-refractivity contribution in [3.05, 3.63) is 48.8 Å². The van der Waals surface area contributed by atoms with Gasteiger partial charge in [0.05, 0.1) is 13.2 Å². The molecule has 4 nitrogen and oxygen atoms in total. The molecule has 1 aliphatic rings. The van der Waals surface area contributed by atoms with Gasteiger partial charge in [0, 0.05) is 47.2 Å². The van der Waals surface area contributed by atoms with Crippen LogP contribution in [0.1, 0.15) is 0 Å². The molecule has 0 spiro atoms. The summed E-state index contributed by atoms with van der Waals surface area (Å²) in [7, 11) is 0. The summed E-state index contributed by atoms with van der Waals surface area (Å²) in [5.74, 6) is 1.00. The number of nitrogens with one attached hydrogen (secondary N) is 1. The van der Waals surface area contributed by atoms with Gasteiger partial charge in [-0.15, -0.1) is 11.8 Å². The van der Waals surface area contributed by atoms with Crippen LogP contribution in [0.2, 0.25) is 0 Å². The highest BCUT2D eigenvalue weighted by Gasteiger charge is 2.12. The van der Waals surface area contributed by atoms with Crippen LogP contribution in [0.3, 0.4) is 0 Å². The van der Waals surface area contributed by atoms with Gasteiger partial charge in [0.15, 0.2) is 0 Å². The average Bonchev–Trinajstić information content (AvgIpc) is 3.09. The van der Waals surface area contributed by atoms with Crippen LogP contribution in [-0.2, 0) is 4.74 Å². The van der Waals surface area contributed by atoms with Gasteiger partial charge < -0.3 is 9.72 Å². The van der Waals surface area contributed by atoms with Crippen molar-refractivity contribution in [1.29, 1.82) is 0 Å². The van der Waals surface area contributed by atoms with Crippen molar-refractivity contribution in [1.82, 2.24) is 14.9 Å². The molecule has 0 amide bonds. The first kappa shape index (κ1) is 14.8. The molecule has 0 unspecified atom stereocenters. The summed E-state index contributed by atoms with van der Waals surface area (Å²) in [4.78, 5) is 11.4. The Bertz CT molecular complexity index is 796. The number of nitrogens with zero attached hydrogens (tertiary/aromatic N) is 2. The topological polar surface area (TPSA) is 41.2 Å². The Kier molecular flexibility index (Phi) is 4.33. The Morgan fingerprint density at radius 3 is 2.96 bits per heavy atom. The van der Waals surface area contributed by atoms with E-state index in [9.17, 15) is 0 Å². The smallest absolute Gasteiger partial charge is 0.137 e. The van der Waals surface area contributed by atoms with E-state index in [-0.39, 0.29) is 0 Å². The number of benzene rings is 1. The maximum atomic E-state index is 5.42. The highest BCUT2D eigenvalue weighted by Crippen LogP contribution is 2.32. The molecule has 0 atom stereocenters. The second-order valence-corrected chi connectivity index (χ2v) is 6.63. The first-order valence-corrected chi connectivity index (χ1v) is 8.84. The molecule has 1 aromatic carbocycles. The minimum atomic E-state index is 0.844. The van der Waals surface area contributed by atoms with Gasteiger partial charge in [0.25, 0.3) is 0 Å². The molecule has 0 bridgehead atoms. The highest BCUT2D eigenvalue weighted by atomic mass is 32.2. The molecule has 23 heavy (non-hydrogen) atoms. The van der Waals surface area contributed by atoms with E-state index in [1.165, 1.54) is 16.0 Å².